The number of rotatable bonds is 11. The standard InChI is InChI=1S/C31H34N8O6/c1-19(40)14-21(15-34-37-31(32)45)35-27(41)18-39-26-13-6-5-12-25(26)38(28(42)16-33-2)17-24(30(39)44)36-29(43)23-11-7-9-20-8-3-4-10-22(20)23/h3-13,15,21,24,33H,14,16-18H2,1-2H3,(H,35,41)(H,36,43)(H3,32,37,45)/b34-15-/t21-,24-/m0/s1. The average molecular weight is 615 g/mol. The van der Waals surface area contributed by atoms with Crippen molar-refractivity contribution < 1.29 is 28.8 Å². The fourth-order valence-electron chi connectivity index (χ4n) is 5.04. The van der Waals surface area contributed by atoms with E-state index in [9.17, 15) is 28.8 Å². The highest BCUT2D eigenvalue weighted by atomic mass is 16.2. The molecule has 0 saturated heterocycles. The molecule has 4 rings (SSSR count). The van der Waals surface area contributed by atoms with Crippen LogP contribution in [0.5, 0.6) is 0 Å². The molecule has 0 aromatic heterocycles. The highest BCUT2D eigenvalue weighted by Gasteiger charge is 2.38. The minimum Gasteiger partial charge on any atom is -0.350 e. The molecule has 2 atom stereocenters. The van der Waals surface area contributed by atoms with Crippen LogP contribution in [0.25, 0.3) is 10.8 Å². The maximum absolute atomic E-state index is 14.1. The minimum absolute atomic E-state index is 0.0433. The molecule has 234 valence electrons. The van der Waals surface area contributed by atoms with Gasteiger partial charge in [0, 0.05) is 18.2 Å². The van der Waals surface area contributed by atoms with Crippen molar-refractivity contribution in [3.63, 3.8) is 0 Å². The second-order valence-corrected chi connectivity index (χ2v) is 10.3. The fraction of sp³-hybridized carbons (Fsp3) is 0.258. The summed E-state index contributed by atoms with van der Waals surface area (Å²) < 4.78 is 0. The molecule has 0 spiro atoms. The largest absolute Gasteiger partial charge is 0.350 e. The number of nitrogens with zero attached hydrogens (tertiary/aromatic N) is 3. The van der Waals surface area contributed by atoms with Gasteiger partial charge in [0.15, 0.2) is 0 Å². The Morgan fingerprint density at radius 2 is 1.69 bits per heavy atom. The van der Waals surface area contributed by atoms with Gasteiger partial charge >= 0.3 is 6.03 Å². The third kappa shape index (κ3) is 8.06. The van der Waals surface area contributed by atoms with Crippen molar-refractivity contribution in [1.82, 2.24) is 21.4 Å². The lowest BCUT2D eigenvalue weighted by molar-refractivity contribution is -0.125. The first-order valence-corrected chi connectivity index (χ1v) is 14.1. The highest BCUT2D eigenvalue weighted by molar-refractivity contribution is 6.13. The Morgan fingerprint density at radius 1 is 1.00 bits per heavy atom. The molecule has 14 heteroatoms. The van der Waals surface area contributed by atoms with Gasteiger partial charge in [-0.15, -0.1) is 0 Å². The maximum atomic E-state index is 14.1. The lowest BCUT2D eigenvalue weighted by Gasteiger charge is -2.26. The fourth-order valence-corrected chi connectivity index (χ4v) is 5.04. The van der Waals surface area contributed by atoms with E-state index in [1.165, 1.54) is 16.7 Å². The van der Waals surface area contributed by atoms with E-state index < -0.39 is 42.4 Å². The third-order valence-corrected chi connectivity index (χ3v) is 6.95. The van der Waals surface area contributed by atoms with Crippen LogP contribution in [0.1, 0.15) is 23.7 Å². The molecule has 6 N–H and O–H groups in total. The van der Waals surface area contributed by atoms with Crippen LogP contribution in [0.2, 0.25) is 0 Å². The summed E-state index contributed by atoms with van der Waals surface area (Å²) in [6, 6.07) is 16.1. The molecule has 45 heavy (non-hydrogen) atoms. The molecule has 0 unspecified atom stereocenters. The Bertz CT molecular complexity index is 1650. The number of Topliss-reactive ketones (excluding diaryl/α,β-unsaturated/α-hetero) is 1. The number of amides is 6. The van der Waals surface area contributed by atoms with E-state index in [4.69, 9.17) is 5.73 Å². The van der Waals surface area contributed by atoms with Crippen LogP contribution in [0.3, 0.4) is 0 Å². The molecule has 1 heterocycles. The lowest BCUT2D eigenvalue weighted by atomic mass is 10.0. The summed E-state index contributed by atoms with van der Waals surface area (Å²) in [5.41, 5.74) is 8.01. The van der Waals surface area contributed by atoms with E-state index in [1.54, 1.807) is 55.6 Å². The molecule has 3 aromatic rings. The average Bonchev–Trinajstić information content (AvgIpc) is 3.11. The summed E-state index contributed by atoms with van der Waals surface area (Å²) in [6.07, 6.45) is 1.00. The van der Waals surface area contributed by atoms with Gasteiger partial charge in [0.25, 0.3) is 11.8 Å². The van der Waals surface area contributed by atoms with Crippen molar-refractivity contribution >= 4 is 63.8 Å². The number of likely N-dealkylation sites (N-methyl/N-ethyl adjacent to an activating group) is 1. The number of carbonyl (C=O) groups is 6. The number of para-hydroxylation sites is 2. The van der Waals surface area contributed by atoms with Crippen molar-refractivity contribution in [3.05, 3.63) is 72.3 Å². The summed E-state index contributed by atoms with van der Waals surface area (Å²) in [4.78, 5) is 79.7. The normalized spacial score (nSPS) is 15.2. The topological polar surface area (TPSA) is 195 Å². The molecule has 0 radical (unpaired) electrons. The molecule has 6 amide bonds. The second kappa shape index (κ2) is 14.7. The third-order valence-electron chi connectivity index (χ3n) is 6.95. The van der Waals surface area contributed by atoms with E-state index in [0.717, 1.165) is 11.6 Å². The summed E-state index contributed by atoms with van der Waals surface area (Å²) >= 11 is 0. The molecule has 3 aromatic carbocycles. The summed E-state index contributed by atoms with van der Waals surface area (Å²) in [5, 5.41) is 13.4. The van der Waals surface area contributed by atoms with E-state index in [2.05, 4.69) is 21.1 Å². The van der Waals surface area contributed by atoms with Gasteiger partial charge < -0.3 is 26.6 Å². The predicted molar refractivity (Wildman–Crippen MR) is 169 cm³/mol. The van der Waals surface area contributed by atoms with Crippen molar-refractivity contribution in [2.75, 3.05) is 36.5 Å². The van der Waals surface area contributed by atoms with Gasteiger partial charge in [-0.3, -0.25) is 28.9 Å². The first-order chi connectivity index (χ1) is 21.6. The number of benzene rings is 3. The van der Waals surface area contributed by atoms with Crippen molar-refractivity contribution in [2.24, 2.45) is 10.8 Å². The molecule has 14 nitrogen and oxygen atoms in total. The maximum Gasteiger partial charge on any atom is 0.332 e. The van der Waals surface area contributed by atoms with Crippen LogP contribution in [0.15, 0.2) is 71.8 Å². The van der Waals surface area contributed by atoms with Crippen LogP contribution < -0.4 is 36.9 Å². The molecule has 1 aliphatic heterocycles. The molecular formula is C31H34N8O6. The summed E-state index contributed by atoms with van der Waals surface area (Å²) in [6.45, 7) is 0.570. The van der Waals surface area contributed by atoms with Crippen molar-refractivity contribution in [3.8, 4) is 0 Å². The molecule has 0 saturated carbocycles. The number of primary amides is 1. The SMILES string of the molecule is CNCC(=O)N1C[C@H](NC(=O)c2cccc3ccccc23)C(=O)N(CC(=O)N[C@H](/C=N\NC(N)=O)CC(C)=O)c2ccccc21. The van der Waals surface area contributed by atoms with Crippen LogP contribution in [-0.4, -0.2) is 80.4 Å². The number of carbonyl (C=O) groups excluding carboxylic acids is 6. The quantitative estimate of drug-likeness (QED) is 0.154. The number of hydrogen-bond acceptors (Lipinski definition) is 8. The highest BCUT2D eigenvalue weighted by Crippen LogP contribution is 2.33. The van der Waals surface area contributed by atoms with Gasteiger partial charge in [0.1, 0.15) is 18.4 Å². The zero-order chi connectivity index (χ0) is 32.5. The number of nitrogens with one attached hydrogen (secondary N) is 4. The molecule has 0 aliphatic carbocycles. The number of fused-ring (bicyclic) bond motifs is 2. The first-order valence-electron chi connectivity index (χ1n) is 14.1. The second-order valence-electron chi connectivity index (χ2n) is 10.3. The predicted octanol–water partition coefficient (Wildman–Crippen LogP) is 0.655. The Morgan fingerprint density at radius 3 is 2.40 bits per heavy atom. The van der Waals surface area contributed by atoms with Crippen LogP contribution in [-0.2, 0) is 19.2 Å². The number of hydrazone groups is 1. The zero-order valence-corrected chi connectivity index (χ0v) is 24.8. The molecule has 0 bridgehead atoms. The van der Waals surface area contributed by atoms with Gasteiger partial charge in [-0.2, -0.15) is 5.10 Å². The lowest BCUT2D eigenvalue weighted by Crippen LogP contribution is -2.55. The number of anilines is 2. The summed E-state index contributed by atoms with van der Waals surface area (Å²) in [5.74, 6) is -2.44. The van der Waals surface area contributed by atoms with Gasteiger partial charge in [0.2, 0.25) is 11.8 Å². The van der Waals surface area contributed by atoms with Crippen LogP contribution in [0.4, 0.5) is 16.2 Å². The van der Waals surface area contributed by atoms with Crippen LogP contribution >= 0.6 is 0 Å². The Labute approximate surface area is 259 Å². The number of hydrogen-bond donors (Lipinski definition) is 5. The van der Waals surface area contributed by atoms with Gasteiger partial charge in [-0.1, -0.05) is 48.5 Å². The van der Waals surface area contributed by atoms with E-state index >= 15 is 0 Å². The Hall–Kier alpha value is -5.63. The number of urea groups is 1. The zero-order valence-electron chi connectivity index (χ0n) is 24.8. The minimum atomic E-state index is -1.23. The molecular weight excluding hydrogens is 580 g/mol. The Balaban J connectivity index is 1.68. The van der Waals surface area contributed by atoms with Gasteiger partial charge in [-0.25, -0.2) is 10.2 Å². The number of nitrogens with two attached hydrogens (primary N) is 1. The van der Waals surface area contributed by atoms with E-state index in [0.29, 0.717) is 16.6 Å². The molecule has 0 fully saturated rings. The van der Waals surface area contributed by atoms with Crippen molar-refractivity contribution in [2.45, 2.75) is 25.4 Å². The number of ketones is 1. The van der Waals surface area contributed by atoms with Crippen LogP contribution in [0, 0.1) is 0 Å². The first kappa shape index (κ1) is 32.3. The van der Waals surface area contributed by atoms with Gasteiger partial charge in [-0.05, 0) is 42.9 Å². The Kier molecular flexibility index (Phi) is 10.5. The molecule has 1 aliphatic rings. The van der Waals surface area contributed by atoms with E-state index in [1.807, 2.05) is 23.6 Å². The monoisotopic (exact) mass is 614 g/mol. The van der Waals surface area contributed by atoms with Gasteiger partial charge in [0.05, 0.1) is 30.5 Å². The van der Waals surface area contributed by atoms with Crippen molar-refractivity contribution in [1.29, 1.82) is 0 Å². The van der Waals surface area contributed by atoms with E-state index in [-0.39, 0.29) is 36.9 Å². The smallest absolute Gasteiger partial charge is 0.332 e. The summed E-state index contributed by atoms with van der Waals surface area (Å²) in [7, 11) is 1.61.